The second-order valence-corrected chi connectivity index (χ2v) is 9.98. The number of carbonyl (C=O) groups is 1. The smallest absolute Gasteiger partial charge is 0.664 e. The number of para-hydroxylation sites is 2. The minimum absolute atomic E-state index is 0. The standard InChI is InChI=1S/C32H30N12O8.4Li/c45-26(46)25(16-18-51-48)38-32-43-28(34-21-9-5-2-6-10-21)40-30(44-32)36-23-13-11-22(12-14-23)35-29-39-27(33-20-7-3-1-4-8-20)41-31(42-29)37-24(19-52-49)15-17-50-47;;;;/h1-19,25,47-49H,(H,45,46)(H3,33,35,37,39,41,42)(H3,34,36,38,40,43,44);;;;/q;4*+1/p-4/b17-15-,18-16-,24-19+;;;;. The summed E-state index contributed by atoms with van der Waals surface area (Å²) >= 11 is 0. The maximum Gasteiger partial charge on any atom is 1.00 e. The molecule has 5 aromatic rings. The third-order valence-corrected chi connectivity index (χ3v) is 6.33. The van der Waals surface area contributed by atoms with E-state index >= 15 is 0 Å². The Labute approximate surface area is 367 Å². The minimum Gasteiger partial charge on any atom is -0.664 e. The monoisotopic (exact) mass is 734 g/mol. The molecule has 2 aromatic heterocycles. The molecule has 0 fully saturated rings. The van der Waals surface area contributed by atoms with Gasteiger partial charge in [-0.2, -0.15) is 29.9 Å². The molecule has 0 bridgehead atoms. The van der Waals surface area contributed by atoms with Crippen molar-refractivity contribution in [2.75, 3.05) is 31.9 Å². The fraction of sp³-hybridized carbons (Fsp3) is 0.0312. The number of allylic oxidation sites excluding steroid dienone is 1. The van der Waals surface area contributed by atoms with Gasteiger partial charge >= 0.3 is 75.4 Å². The largest absolute Gasteiger partial charge is 1.00 e. The molecule has 24 heteroatoms. The number of hydrogen-bond acceptors (Lipinski definition) is 20. The van der Waals surface area contributed by atoms with Crippen molar-refractivity contribution in [1.29, 1.82) is 0 Å². The van der Waals surface area contributed by atoms with E-state index in [1.54, 1.807) is 60.7 Å². The van der Waals surface area contributed by atoms with E-state index in [4.69, 9.17) is 0 Å². The summed E-state index contributed by atoms with van der Waals surface area (Å²) in [6.45, 7) is 0. The van der Waals surface area contributed by atoms with Crippen molar-refractivity contribution in [3.05, 3.63) is 122 Å². The Morgan fingerprint density at radius 1 is 0.536 bits per heavy atom. The van der Waals surface area contributed by atoms with Gasteiger partial charge in [0.25, 0.3) is 0 Å². The molecule has 0 radical (unpaired) electrons. The molecule has 5 rings (SSSR count). The molecular formula is C32H26Li4N12O8. The van der Waals surface area contributed by atoms with Gasteiger partial charge in [-0.3, -0.25) is 0 Å². The van der Waals surface area contributed by atoms with Gasteiger partial charge in [-0.1, -0.05) is 36.4 Å². The van der Waals surface area contributed by atoms with Crippen LogP contribution in [0.15, 0.2) is 122 Å². The van der Waals surface area contributed by atoms with Gasteiger partial charge in [0.1, 0.15) is 0 Å². The number of benzene rings is 3. The number of carboxylic acid groups (broad SMARTS) is 1. The van der Waals surface area contributed by atoms with Crippen molar-refractivity contribution in [3.8, 4) is 0 Å². The second-order valence-electron chi connectivity index (χ2n) is 9.98. The van der Waals surface area contributed by atoms with Crippen LogP contribution in [0.4, 0.5) is 58.4 Å². The number of nitrogens with one attached hydrogen (secondary N) is 6. The molecule has 6 N–H and O–H groups in total. The molecule has 266 valence electrons. The summed E-state index contributed by atoms with van der Waals surface area (Å²) in [5, 5.41) is 60.7. The predicted octanol–water partition coefficient (Wildman–Crippen LogP) is -11.3. The van der Waals surface area contributed by atoms with E-state index in [9.17, 15) is 25.7 Å². The Kier molecular flexibility index (Phi) is 22.5. The van der Waals surface area contributed by atoms with Crippen LogP contribution in [0, 0.1) is 0 Å². The zero-order chi connectivity index (χ0) is 36.5. The molecule has 20 nitrogen and oxygen atoms in total. The van der Waals surface area contributed by atoms with Gasteiger partial charge in [0.05, 0.1) is 36.5 Å². The number of rotatable bonds is 18. The Hall–Kier alpha value is -5.16. The molecular weight excluding hydrogens is 708 g/mol. The SMILES string of the molecule is O=C([O-])C(/C=C\O[O-])Nc1nc(Nc2ccccc2)nc(Nc2ccc(Nc3nc(NC(/C=C\O[O-])=C/O[O-])nc(Nc4ccccc4)n3)cc2)n1.[Li+].[Li+].[Li+].[Li+]. The number of aliphatic carboxylic acids is 1. The molecule has 56 heavy (non-hydrogen) atoms. The fourth-order valence-electron chi connectivity index (χ4n) is 4.12. The van der Waals surface area contributed by atoms with E-state index in [-0.39, 0.29) is 117 Å². The van der Waals surface area contributed by atoms with Crippen LogP contribution in [-0.2, 0) is 19.5 Å². The number of carboxylic acids is 1. The average Bonchev–Trinajstić information content (AvgIpc) is 3.14. The van der Waals surface area contributed by atoms with E-state index in [1.165, 1.54) is 0 Å². The topological polar surface area (TPSA) is 287 Å². The molecule has 0 aliphatic rings. The molecule has 0 aliphatic heterocycles. The third-order valence-electron chi connectivity index (χ3n) is 6.33. The van der Waals surface area contributed by atoms with Gasteiger partial charge < -0.3 is 72.2 Å². The van der Waals surface area contributed by atoms with E-state index < -0.39 is 12.0 Å². The molecule has 3 aromatic carbocycles. The first-order valence-corrected chi connectivity index (χ1v) is 14.8. The molecule has 0 aliphatic carbocycles. The van der Waals surface area contributed by atoms with Crippen LogP contribution >= 0.6 is 0 Å². The Morgan fingerprint density at radius 2 is 0.929 bits per heavy atom. The van der Waals surface area contributed by atoms with Crippen molar-refractivity contribution in [2.45, 2.75) is 6.04 Å². The fourth-order valence-corrected chi connectivity index (χ4v) is 4.12. The predicted molar refractivity (Wildman–Crippen MR) is 178 cm³/mol. The van der Waals surface area contributed by atoms with Crippen LogP contribution in [0.5, 0.6) is 0 Å². The van der Waals surface area contributed by atoms with Gasteiger partial charge in [0.2, 0.25) is 35.7 Å². The summed E-state index contributed by atoms with van der Waals surface area (Å²) in [4.78, 5) is 48.6. The van der Waals surface area contributed by atoms with Crippen molar-refractivity contribution in [2.24, 2.45) is 0 Å². The second kappa shape index (κ2) is 25.8. The summed E-state index contributed by atoms with van der Waals surface area (Å²) in [6.07, 6.45) is 4.26. The Morgan fingerprint density at radius 3 is 1.32 bits per heavy atom. The number of hydrogen-bond donors (Lipinski definition) is 6. The molecule has 0 saturated heterocycles. The summed E-state index contributed by atoms with van der Waals surface area (Å²) in [7, 11) is 0. The minimum atomic E-state index is -1.56. The Bertz CT molecular complexity index is 2020. The molecule has 1 unspecified atom stereocenters. The Balaban J connectivity index is 0.00000392. The van der Waals surface area contributed by atoms with Gasteiger partial charge in [-0.25, -0.2) is 0 Å². The quantitative estimate of drug-likeness (QED) is 0.0160. The molecule has 0 spiro atoms. The zero-order valence-electron chi connectivity index (χ0n) is 30.5. The zero-order valence-corrected chi connectivity index (χ0v) is 30.5. The first-order chi connectivity index (χ1) is 25.4. The number of nitrogens with zero attached hydrogens (tertiary/aromatic N) is 6. The number of carbonyl (C=O) groups excluding carboxylic acids is 1. The summed E-state index contributed by atoms with van der Waals surface area (Å²) < 4.78 is 0. The molecule has 2 heterocycles. The first-order valence-electron chi connectivity index (χ1n) is 14.8. The summed E-state index contributed by atoms with van der Waals surface area (Å²) in [5.74, 6) is -1.42. The molecule has 0 saturated carbocycles. The van der Waals surface area contributed by atoms with E-state index in [1.807, 2.05) is 24.3 Å². The van der Waals surface area contributed by atoms with E-state index in [0.29, 0.717) is 29.0 Å². The van der Waals surface area contributed by atoms with Crippen LogP contribution in [0.25, 0.3) is 0 Å². The maximum atomic E-state index is 11.6. The normalized spacial score (nSPS) is 10.9. The van der Waals surface area contributed by atoms with Crippen molar-refractivity contribution in [1.82, 2.24) is 29.9 Å². The van der Waals surface area contributed by atoms with Gasteiger partial charge in [0, 0.05) is 22.7 Å². The maximum absolute atomic E-state index is 11.6. The summed E-state index contributed by atoms with van der Waals surface area (Å²) in [6, 6.07) is 23.3. The van der Waals surface area contributed by atoms with Crippen molar-refractivity contribution in [3.63, 3.8) is 0 Å². The number of aromatic nitrogens is 6. The van der Waals surface area contributed by atoms with Crippen LogP contribution in [-0.4, -0.2) is 41.9 Å². The molecule has 1 atom stereocenters. The van der Waals surface area contributed by atoms with Gasteiger partial charge in [-0.15, -0.1) is 0 Å². The van der Waals surface area contributed by atoms with Crippen molar-refractivity contribution >= 4 is 64.4 Å². The van der Waals surface area contributed by atoms with E-state index in [0.717, 1.165) is 24.7 Å². The molecule has 0 amide bonds. The van der Waals surface area contributed by atoms with E-state index in [2.05, 4.69) is 76.5 Å². The van der Waals surface area contributed by atoms with Gasteiger partial charge in [0.15, 0.2) is 0 Å². The first kappa shape index (κ1) is 48.9. The van der Waals surface area contributed by atoms with Crippen LogP contribution in [0.3, 0.4) is 0 Å². The van der Waals surface area contributed by atoms with Crippen LogP contribution in [0.2, 0.25) is 0 Å². The average molecular weight is 734 g/mol. The van der Waals surface area contributed by atoms with Crippen LogP contribution < -0.4 is 128 Å². The van der Waals surface area contributed by atoms with Gasteiger partial charge in [-0.05, 0) is 60.7 Å². The third kappa shape index (κ3) is 15.9. The van der Waals surface area contributed by atoms with Crippen LogP contribution in [0.1, 0.15) is 0 Å². The number of anilines is 10. The summed E-state index contributed by atoms with van der Waals surface area (Å²) in [5.41, 5.74) is 2.40. The van der Waals surface area contributed by atoms with Crippen molar-refractivity contribution < 1.29 is 116 Å².